The van der Waals surface area contributed by atoms with E-state index >= 15 is 0 Å². The molecule has 0 unspecified atom stereocenters. The molecule has 0 spiro atoms. The molecule has 1 aromatic heterocycles. The van der Waals surface area contributed by atoms with Crippen molar-refractivity contribution in [3.63, 3.8) is 0 Å². The van der Waals surface area contributed by atoms with Gasteiger partial charge in [-0.05, 0) is 44.4 Å². The van der Waals surface area contributed by atoms with Crippen molar-refractivity contribution in [3.05, 3.63) is 46.3 Å². The molecule has 0 saturated carbocycles. The molecule has 0 radical (unpaired) electrons. The van der Waals surface area contributed by atoms with Crippen LogP contribution in [-0.4, -0.2) is 33.9 Å². The van der Waals surface area contributed by atoms with Gasteiger partial charge in [-0.15, -0.1) is 0 Å². The smallest absolute Gasteiger partial charge is 0.272 e. The molecular weight excluding hydrogens is 356 g/mol. The summed E-state index contributed by atoms with van der Waals surface area (Å²) in [5, 5.41) is 3.23. The first-order valence-corrected chi connectivity index (χ1v) is 8.59. The summed E-state index contributed by atoms with van der Waals surface area (Å²) in [7, 11) is 0. The minimum Gasteiger partial charge on any atom is -0.340 e. The van der Waals surface area contributed by atoms with Gasteiger partial charge in [0.2, 0.25) is 0 Å². The first-order valence-electron chi connectivity index (χ1n) is 7.79. The van der Waals surface area contributed by atoms with Crippen LogP contribution in [0.5, 0.6) is 0 Å². The Balaban J connectivity index is 1.82. The van der Waals surface area contributed by atoms with Crippen molar-refractivity contribution in [1.82, 2.24) is 14.9 Å². The molecule has 1 saturated heterocycles. The van der Waals surface area contributed by atoms with Crippen molar-refractivity contribution < 1.29 is 4.79 Å². The monoisotopic (exact) mass is 374 g/mol. The summed E-state index contributed by atoms with van der Waals surface area (Å²) in [6.45, 7) is 3.44. The van der Waals surface area contributed by atoms with Crippen molar-refractivity contribution in [2.75, 3.05) is 18.4 Å². The highest BCUT2D eigenvalue weighted by Gasteiger charge is 2.20. The van der Waals surface area contributed by atoms with Gasteiger partial charge in [0.1, 0.15) is 17.3 Å². The number of amides is 1. The quantitative estimate of drug-likeness (QED) is 0.884. The number of rotatable bonds is 3. The molecule has 120 valence electrons. The number of piperidine rings is 1. The van der Waals surface area contributed by atoms with Crippen LogP contribution in [-0.2, 0) is 0 Å². The summed E-state index contributed by atoms with van der Waals surface area (Å²) in [6.07, 6.45) is 3.33. The molecule has 1 fully saturated rings. The third kappa shape index (κ3) is 4.07. The third-order valence-corrected chi connectivity index (χ3v) is 4.29. The molecule has 1 amide bonds. The predicted octanol–water partition coefficient (Wildman–Crippen LogP) is 3.92. The van der Waals surface area contributed by atoms with Gasteiger partial charge in [0.05, 0.1) is 0 Å². The Morgan fingerprint density at radius 2 is 1.96 bits per heavy atom. The molecule has 5 nitrogen and oxygen atoms in total. The molecule has 3 rings (SSSR count). The lowest BCUT2D eigenvalue weighted by Gasteiger charge is -2.26. The van der Waals surface area contributed by atoms with E-state index < -0.39 is 0 Å². The van der Waals surface area contributed by atoms with Crippen LogP contribution in [0.2, 0.25) is 0 Å². The highest BCUT2D eigenvalue weighted by atomic mass is 79.9. The van der Waals surface area contributed by atoms with Crippen molar-refractivity contribution in [2.45, 2.75) is 26.2 Å². The lowest BCUT2D eigenvalue weighted by Crippen LogP contribution is -2.36. The zero-order valence-electron chi connectivity index (χ0n) is 13.1. The number of hydrogen-bond acceptors (Lipinski definition) is 4. The fraction of sp³-hybridized carbons (Fsp3) is 0.353. The summed E-state index contributed by atoms with van der Waals surface area (Å²) in [5.41, 5.74) is 1.37. The van der Waals surface area contributed by atoms with Crippen LogP contribution in [0.1, 0.15) is 35.6 Å². The molecule has 0 atom stereocenters. The number of hydrogen-bond donors (Lipinski definition) is 1. The van der Waals surface area contributed by atoms with Crippen molar-refractivity contribution in [3.8, 4) is 0 Å². The fourth-order valence-electron chi connectivity index (χ4n) is 2.71. The molecule has 2 aromatic rings. The Morgan fingerprint density at radius 1 is 1.17 bits per heavy atom. The lowest BCUT2D eigenvalue weighted by molar-refractivity contribution is 0.0718. The minimum absolute atomic E-state index is 0.00695. The number of carbonyl (C=O) groups is 1. The van der Waals surface area contributed by atoms with E-state index in [1.165, 1.54) is 6.42 Å². The van der Waals surface area contributed by atoms with E-state index in [-0.39, 0.29) is 5.91 Å². The second kappa shape index (κ2) is 7.08. The molecule has 23 heavy (non-hydrogen) atoms. The number of nitrogens with one attached hydrogen (secondary N) is 1. The van der Waals surface area contributed by atoms with E-state index in [0.29, 0.717) is 17.3 Å². The summed E-state index contributed by atoms with van der Waals surface area (Å²) < 4.78 is 0.984. The first-order chi connectivity index (χ1) is 11.1. The number of benzene rings is 1. The zero-order chi connectivity index (χ0) is 16.2. The van der Waals surface area contributed by atoms with Crippen LogP contribution in [0.4, 0.5) is 11.5 Å². The van der Waals surface area contributed by atoms with Gasteiger partial charge >= 0.3 is 0 Å². The van der Waals surface area contributed by atoms with Gasteiger partial charge in [-0.3, -0.25) is 4.79 Å². The van der Waals surface area contributed by atoms with Gasteiger partial charge in [0, 0.05) is 29.3 Å². The first kappa shape index (κ1) is 15.9. The molecule has 1 aliphatic rings. The average Bonchev–Trinajstić information content (AvgIpc) is 2.54. The predicted molar refractivity (Wildman–Crippen MR) is 93.9 cm³/mol. The Hall–Kier alpha value is -1.95. The third-order valence-electron chi connectivity index (χ3n) is 3.80. The number of carbonyl (C=O) groups excluding carboxylic acids is 1. The largest absolute Gasteiger partial charge is 0.340 e. The Bertz CT molecular complexity index is 713. The van der Waals surface area contributed by atoms with E-state index in [4.69, 9.17) is 0 Å². The average molecular weight is 375 g/mol. The Labute approximate surface area is 144 Å². The van der Waals surface area contributed by atoms with E-state index in [1.54, 1.807) is 13.0 Å². The van der Waals surface area contributed by atoms with Crippen LogP contribution in [0.15, 0.2) is 34.8 Å². The van der Waals surface area contributed by atoms with Crippen molar-refractivity contribution >= 4 is 33.3 Å². The second-order valence-corrected chi connectivity index (χ2v) is 6.59. The highest BCUT2D eigenvalue weighted by Crippen LogP contribution is 2.20. The number of halogens is 1. The summed E-state index contributed by atoms with van der Waals surface area (Å²) in [4.78, 5) is 23.2. The maximum Gasteiger partial charge on any atom is 0.272 e. The number of anilines is 2. The van der Waals surface area contributed by atoms with Gasteiger partial charge < -0.3 is 10.2 Å². The Morgan fingerprint density at radius 3 is 2.70 bits per heavy atom. The normalized spacial score (nSPS) is 14.6. The maximum absolute atomic E-state index is 12.6. The molecule has 0 bridgehead atoms. The van der Waals surface area contributed by atoms with Crippen LogP contribution in [0, 0.1) is 6.92 Å². The van der Waals surface area contributed by atoms with Crippen molar-refractivity contribution in [2.24, 2.45) is 0 Å². The molecular formula is C17H19BrN4O. The summed E-state index contributed by atoms with van der Waals surface area (Å²) in [6, 6.07) is 9.55. The van der Waals surface area contributed by atoms with Gasteiger partial charge in [0.25, 0.3) is 5.91 Å². The molecule has 2 heterocycles. The number of likely N-dealkylation sites (tertiary alicyclic amines) is 1. The molecule has 1 aliphatic heterocycles. The lowest BCUT2D eigenvalue weighted by atomic mass is 10.1. The van der Waals surface area contributed by atoms with Crippen LogP contribution >= 0.6 is 15.9 Å². The van der Waals surface area contributed by atoms with E-state index in [1.807, 2.05) is 29.2 Å². The Kier molecular flexibility index (Phi) is 4.91. The summed E-state index contributed by atoms with van der Waals surface area (Å²) in [5.74, 6) is 1.22. The van der Waals surface area contributed by atoms with Gasteiger partial charge in [-0.25, -0.2) is 9.97 Å². The number of nitrogens with zero attached hydrogens (tertiary/aromatic N) is 3. The second-order valence-electron chi connectivity index (χ2n) is 5.67. The van der Waals surface area contributed by atoms with Crippen LogP contribution < -0.4 is 5.32 Å². The van der Waals surface area contributed by atoms with Gasteiger partial charge in [-0.2, -0.15) is 0 Å². The van der Waals surface area contributed by atoms with E-state index in [2.05, 4.69) is 31.2 Å². The fourth-order valence-corrected chi connectivity index (χ4v) is 3.11. The number of aromatic nitrogens is 2. The highest BCUT2D eigenvalue weighted by molar-refractivity contribution is 9.10. The van der Waals surface area contributed by atoms with Crippen LogP contribution in [0.25, 0.3) is 0 Å². The van der Waals surface area contributed by atoms with Crippen molar-refractivity contribution in [1.29, 1.82) is 0 Å². The van der Waals surface area contributed by atoms with Gasteiger partial charge in [-0.1, -0.05) is 22.0 Å². The number of aryl methyl sites for hydroxylation is 1. The molecule has 1 N–H and O–H groups in total. The molecule has 0 aliphatic carbocycles. The maximum atomic E-state index is 12.6. The zero-order valence-corrected chi connectivity index (χ0v) is 14.6. The minimum atomic E-state index is -0.00695. The standard InChI is InChI=1S/C17H19BrN4O/c1-12-19-15(17(23)22-8-3-2-4-9-22)11-16(20-12)21-14-7-5-6-13(18)10-14/h5-7,10-11H,2-4,8-9H2,1H3,(H,19,20,21). The topological polar surface area (TPSA) is 58.1 Å². The molecule has 1 aromatic carbocycles. The van der Waals surface area contributed by atoms with Crippen LogP contribution in [0.3, 0.4) is 0 Å². The van der Waals surface area contributed by atoms with Gasteiger partial charge in [0.15, 0.2) is 0 Å². The van der Waals surface area contributed by atoms with E-state index in [9.17, 15) is 4.79 Å². The SMILES string of the molecule is Cc1nc(Nc2cccc(Br)c2)cc(C(=O)N2CCCCC2)n1. The molecule has 6 heteroatoms. The van der Waals surface area contributed by atoms with E-state index in [0.717, 1.165) is 36.1 Å². The summed E-state index contributed by atoms with van der Waals surface area (Å²) >= 11 is 3.45.